The molecule has 12 heterocycles. The van der Waals surface area contributed by atoms with Crippen molar-refractivity contribution >= 4 is 33.7 Å². The summed E-state index contributed by atoms with van der Waals surface area (Å²) in [6.07, 6.45) is 2.11. The highest BCUT2D eigenvalue weighted by Gasteiger charge is 2.53. The van der Waals surface area contributed by atoms with Crippen LogP contribution in [0.3, 0.4) is 0 Å². The summed E-state index contributed by atoms with van der Waals surface area (Å²) in [6, 6.07) is 15.2. The van der Waals surface area contributed by atoms with Crippen molar-refractivity contribution < 1.29 is 76.9 Å². The molecule has 8 aromatic rings. The summed E-state index contributed by atoms with van der Waals surface area (Å²) in [4.78, 5) is 73.6. The Morgan fingerprint density at radius 3 is 1.46 bits per heavy atom. The SMILES string of the molecule is Cc1cnc(C(=O)N2C3CCC2C(Oc2ccc(C(F)(F)F)cn2)C3)c(-n2nccn2)c1.O=C(c1cccc(F)c1-c1ncccn1)N1C2CCC1C(Oc1cnc(C(F)(F)F)cn1)C2.O=C(c1cccc(F)c1Br)N1C2CCC1C(Oc1ccc(C(F)(F)F)cn1)C2. The summed E-state index contributed by atoms with van der Waals surface area (Å²) in [5.74, 6) is -1.75. The number of aromatic nitrogens is 10. The number of hydrogen-bond acceptors (Lipinski definition) is 15. The molecule has 9 unspecified atom stereocenters. The normalized spacial score (nSPS) is 22.7. The molecule has 0 saturated carbocycles. The zero-order valence-corrected chi connectivity index (χ0v) is 50.1. The van der Waals surface area contributed by atoms with Gasteiger partial charge in [-0.05, 0) is 115 Å². The molecule has 0 spiro atoms. The van der Waals surface area contributed by atoms with E-state index in [4.69, 9.17) is 14.2 Å². The van der Waals surface area contributed by atoms with E-state index in [1.165, 1.54) is 72.0 Å². The highest BCUT2D eigenvalue weighted by molar-refractivity contribution is 9.10. The fourth-order valence-electron chi connectivity index (χ4n) is 13.0. The summed E-state index contributed by atoms with van der Waals surface area (Å²) in [5.41, 5.74) is -0.765. The number of nitrogens with zero attached hydrogens (tertiary/aromatic N) is 13. The highest BCUT2D eigenvalue weighted by Crippen LogP contribution is 2.45. The third kappa shape index (κ3) is 13.2. The minimum absolute atomic E-state index is 0.0282. The second-order valence-corrected chi connectivity index (χ2v) is 23.5. The molecular formula is C62H51BrF11N13O6. The van der Waals surface area contributed by atoms with Gasteiger partial charge in [0.05, 0.1) is 75.2 Å². The molecule has 0 N–H and O–H groups in total. The van der Waals surface area contributed by atoms with Crippen LogP contribution in [0, 0.1) is 18.6 Å². The number of amides is 3. The lowest BCUT2D eigenvalue weighted by Gasteiger charge is -2.25. The number of aryl methyl sites for hydroxylation is 1. The van der Waals surface area contributed by atoms with Gasteiger partial charge in [-0.3, -0.25) is 14.4 Å². The predicted octanol–water partition coefficient (Wildman–Crippen LogP) is 12.0. The summed E-state index contributed by atoms with van der Waals surface area (Å²) < 4.78 is 160. The maximum Gasteiger partial charge on any atom is 0.434 e. The second-order valence-electron chi connectivity index (χ2n) is 22.7. The molecule has 6 aliphatic heterocycles. The van der Waals surface area contributed by atoms with E-state index in [0.717, 1.165) is 62.0 Å². The topological polar surface area (TPSA) is 210 Å². The van der Waals surface area contributed by atoms with Crippen LogP contribution in [0.4, 0.5) is 48.3 Å². The van der Waals surface area contributed by atoms with Gasteiger partial charge in [-0.15, -0.1) is 4.80 Å². The van der Waals surface area contributed by atoms with Crippen LogP contribution < -0.4 is 14.2 Å². The Kier molecular flexibility index (Phi) is 17.6. The van der Waals surface area contributed by atoms with Crippen LogP contribution in [-0.2, 0) is 18.5 Å². The van der Waals surface area contributed by atoms with Crippen molar-refractivity contribution in [2.24, 2.45) is 0 Å². The molecule has 93 heavy (non-hydrogen) atoms. The van der Waals surface area contributed by atoms with Gasteiger partial charge in [-0.1, -0.05) is 12.1 Å². The molecule has 9 atom stereocenters. The first-order valence-corrected chi connectivity index (χ1v) is 30.0. The van der Waals surface area contributed by atoms with Gasteiger partial charge >= 0.3 is 18.5 Å². The molecule has 6 fully saturated rings. The fraction of sp³-hybridized carbons (Fsp3) is 0.355. The Morgan fingerprint density at radius 2 is 0.978 bits per heavy atom. The minimum atomic E-state index is -4.59. The van der Waals surface area contributed by atoms with E-state index in [1.807, 2.05) is 6.92 Å². The van der Waals surface area contributed by atoms with Crippen molar-refractivity contribution in [2.75, 3.05) is 0 Å². The lowest BCUT2D eigenvalue weighted by molar-refractivity contribution is -0.141. The highest BCUT2D eigenvalue weighted by atomic mass is 79.9. The first-order valence-electron chi connectivity index (χ1n) is 29.2. The molecule has 0 radical (unpaired) electrons. The third-order valence-electron chi connectivity index (χ3n) is 17.1. The van der Waals surface area contributed by atoms with E-state index in [9.17, 15) is 62.7 Å². The van der Waals surface area contributed by atoms with Crippen LogP contribution >= 0.6 is 15.9 Å². The number of benzene rings is 2. The van der Waals surface area contributed by atoms with Crippen molar-refractivity contribution in [3.8, 4) is 34.7 Å². The van der Waals surface area contributed by atoms with Crippen LogP contribution in [-0.4, -0.2) is 137 Å². The predicted molar refractivity (Wildman–Crippen MR) is 307 cm³/mol. The van der Waals surface area contributed by atoms with Gasteiger partial charge in [-0.25, -0.2) is 43.7 Å². The maximum atomic E-state index is 14.7. The Hall–Kier alpha value is -9.29. The number of rotatable bonds is 11. The van der Waals surface area contributed by atoms with Crippen molar-refractivity contribution in [3.05, 3.63) is 184 Å². The molecule has 19 nitrogen and oxygen atoms in total. The van der Waals surface area contributed by atoms with Gasteiger partial charge in [0, 0.05) is 80.5 Å². The summed E-state index contributed by atoms with van der Waals surface area (Å²) in [6.45, 7) is 1.87. The zero-order valence-electron chi connectivity index (χ0n) is 48.5. The number of hydrogen-bond donors (Lipinski definition) is 0. The van der Waals surface area contributed by atoms with Gasteiger partial charge < -0.3 is 28.9 Å². The number of pyridine rings is 3. The third-order valence-corrected chi connectivity index (χ3v) is 17.9. The minimum Gasteiger partial charge on any atom is -0.472 e. The quantitative estimate of drug-likeness (QED) is 0.110. The van der Waals surface area contributed by atoms with Gasteiger partial charge in [0.15, 0.2) is 17.2 Å². The number of carbonyl (C=O) groups is 3. The average Bonchev–Trinajstić information content (AvgIpc) is 1.64. The van der Waals surface area contributed by atoms with Crippen molar-refractivity contribution in [1.29, 1.82) is 0 Å². The lowest BCUT2D eigenvalue weighted by Crippen LogP contribution is -2.40. The largest absolute Gasteiger partial charge is 0.472 e. The van der Waals surface area contributed by atoms with Gasteiger partial charge in [-0.2, -0.15) is 49.7 Å². The Morgan fingerprint density at radius 1 is 0.495 bits per heavy atom. The molecule has 3 amide bonds. The number of ether oxygens (including phenoxy) is 3. The first-order chi connectivity index (χ1) is 44.4. The van der Waals surface area contributed by atoms with E-state index in [0.29, 0.717) is 44.0 Å². The van der Waals surface area contributed by atoms with E-state index >= 15 is 0 Å². The average molecular weight is 1360 g/mol. The molecule has 2 aromatic carbocycles. The number of carbonyl (C=O) groups excluding carboxylic acids is 3. The zero-order chi connectivity index (χ0) is 65.7. The van der Waals surface area contributed by atoms with E-state index in [2.05, 4.69) is 61.0 Å². The summed E-state index contributed by atoms with van der Waals surface area (Å²) in [7, 11) is 0. The van der Waals surface area contributed by atoms with Gasteiger partial charge in [0.25, 0.3) is 17.7 Å². The second kappa shape index (κ2) is 25.7. The van der Waals surface area contributed by atoms with Crippen LogP contribution in [0.25, 0.3) is 17.1 Å². The van der Waals surface area contributed by atoms with E-state index in [1.54, 1.807) is 39.1 Å². The summed E-state index contributed by atoms with van der Waals surface area (Å²) in [5, 5.41) is 8.26. The molecular weight excluding hydrogens is 1310 g/mol. The first kappa shape index (κ1) is 63.8. The molecule has 0 aliphatic carbocycles. The molecule has 31 heteroatoms. The molecule has 6 aliphatic rings. The number of alkyl halides is 9. The standard InChI is InChI=1S/C22H17F4N5O2.C21H19F3N6O2.C19H15BrF4N2O2/c23-14-4-1-3-13(19(14)20-27-7-2-8-28-20)21(32)31-12-5-6-15(31)16(9-12)33-18-11-29-17(10-30-18)22(24,25)26;1-12-8-16(30-27-6-7-28-30)19(26-10-12)20(31)29-14-3-4-15(29)17(9-14)32-18-5-2-13(11-25-18)21(22,23)24;20-17-12(2-1-3-13(17)21)18(27)26-11-5-6-14(26)15(8-11)28-16-7-4-10(9-25-16)19(22,23)24/h1-4,7-8,10-12,15-16H,5-6,9H2;2,5-8,10-11,14-15,17H,3-4,9H2,1H3;1-4,7,9,11,14-15H,5-6,8H2. The van der Waals surface area contributed by atoms with E-state index < -0.39 is 53.1 Å². The fourth-order valence-corrected chi connectivity index (χ4v) is 13.4. The Labute approximate surface area is 529 Å². The maximum absolute atomic E-state index is 14.7. The van der Waals surface area contributed by atoms with Crippen molar-refractivity contribution in [3.63, 3.8) is 0 Å². The van der Waals surface area contributed by atoms with Gasteiger partial charge in [0.1, 0.15) is 35.6 Å². The lowest BCUT2D eigenvalue weighted by atomic mass is 9.98. The van der Waals surface area contributed by atoms with Crippen LogP contribution in [0.5, 0.6) is 17.6 Å². The van der Waals surface area contributed by atoms with Crippen LogP contribution in [0.1, 0.15) is 111 Å². The van der Waals surface area contributed by atoms with Crippen LogP contribution in [0.15, 0.2) is 133 Å². The van der Waals surface area contributed by atoms with Crippen molar-refractivity contribution in [2.45, 2.75) is 138 Å². The number of halogens is 12. The summed E-state index contributed by atoms with van der Waals surface area (Å²) >= 11 is 3.12. The molecule has 6 aromatic heterocycles. The molecule has 14 rings (SSSR count). The Bertz CT molecular complexity index is 4030. The smallest absolute Gasteiger partial charge is 0.434 e. The molecule has 6 bridgehead atoms. The van der Waals surface area contributed by atoms with Crippen molar-refractivity contribution in [1.82, 2.24) is 64.6 Å². The van der Waals surface area contributed by atoms with Gasteiger partial charge in [0.2, 0.25) is 17.6 Å². The monoisotopic (exact) mass is 1360 g/mol. The van der Waals surface area contributed by atoms with E-state index in [-0.39, 0.29) is 117 Å². The van der Waals surface area contributed by atoms with Crippen LogP contribution in [0.2, 0.25) is 0 Å². The number of fused-ring (bicyclic) bond motifs is 6. The Balaban J connectivity index is 0.000000135. The molecule has 484 valence electrons. The molecule has 6 saturated heterocycles.